The highest BCUT2D eigenvalue weighted by Gasteiger charge is 2.23. The van der Waals surface area contributed by atoms with Crippen molar-refractivity contribution in [1.82, 2.24) is 24.9 Å². The normalized spacial score (nSPS) is 11.1. The van der Waals surface area contributed by atoms with Crippen molar-refractivity contribution < 1.29 is 18.0 Å². The monoisotopic (exact) mass is 467 g/mol. The first-order chi connectivity index (χ1) is 16.2. The minimum absolute atomic E-state index is 0.0806. The lowest BCUT2D eigenvalue weighted by Crippen LogP contribution is -2.29. The Morgan fingerprint density at radius 1 is 1.06 bits per heavy atom. The average molecular weight is 467 g/mol. The van der Waals surface area contributed by atoms with E-state index in [9.17, 15) is 18.0 Å². The molecule has 1 N–H and O–H groups in total. The van der Waals surface area contributed by atoms with E-state index in [2.05, 4.69) is 15.3 Å². The van der Waals surface area contributed by atoms with Gasteiger partial charge in [-0.05, 0) is 57.0 Å². The smallest absolute Gasteiger partial charge is 0.257 e. The Morgan fingerprint density at radius 2 is 1.82 bits per heavy atom. The molecule has 1 amide bonds. The van der Waals surface area contributed by atoms with Crippen molar-refractivity contribution in [2.24, 2.45) is 0 Å². The zero-order valence-electron chi connectivity index (χ0n) is 19.1. The van der Waals surface area contributed by atoms with Gasteiger partial charge in [0.2, 0.25) is 0 Å². The lowest BCUT2D eigenvalue weighted by Gasteiger charge is -2.17. The van der Waals surface area contributed by atoms with E-state index in [-0.39, 0.29) is 17.4 Å². The van der Waals surface area contributed by atoms with Crippen LogP contribution in [0.4, 0.5) is 13.2 Å². The number of carbonyl (C=O) groups is 1. The fraction of sp³-hybridized carbons (Fsp3) is 0.240. The van der Waals surface area contributed by atoms with E-state index in [4.69, 9.17) is 0 Å². The predicted octanol–water partition coefficient (Wildman–Crippen LogP) is 5.00. The van der Waals surface area contributed by atoms with Crippen LogP contribution in [0.5, 0.6) is 0 Å². The first-order valence-corrected chi connectivity index (χ1v) is 10.8. The molecule has 0 saturated heterocycles. The van der Waals surface area contributed by atoms with E-state index >= 15 is 0 Å². The fourth-order valence-electron chi connectivity index (χ4n) is 3.92. The number of aromatic amines is 1. The van der Waals surface area contributed by atoms with Crippen LogP contribution in [0.2, 0.25) is 0 Å². The molecule has 2 heterocycles. The first kappa shape index (κ1) is 23.3. The van der Waals surface area contributed by atoms with Crippen molar-refractivity contribution in [2.75, 3.05) is 13.6 Å². The highest BCUT2D eigenvalue weighted by molar-refractivity contribution is 5.96. The summed E-state index contributed by atoms with van der Waals surface area (Å²) >= 11 is 0. The number of rotatable bonds is 7. The van der Waals surface area contributed by atoms with Crippen molar-refractivity contribution in [1.29, 1.82) is 0 Å². The molecule has 0 atom stereocenters. The summed E-state index contributed by atoms with van der Waals surface area (Å²) in [5, 5.41) is 11.5. The average Bonchev–Trinajstić information content (AvgIpc) is 3.37. The largest absolute Gasteiger partial charge is 0.342 e. The summed E-state index contributed by atoms with van der Waals surface area (Å²) in [6.07, 6.45) is 1.32. The van der Waals surface area contributed by atoms with Crippen LogP contribution >= 0.6 is 0 Å². The maximum Gasteiger partial charge on any atom is 0.257 e. The van der Waals surface area contributed by atoms with Crippen LogP contribution in [0.15, 0.2) is 48.5 Å². The maximum atomic E-state index is 14.3. The fourth-order valence-corrected chi connectivity index (χ4v) is 3.92. The summed E-state index contributed by atoms with van der Waals surface area (Å²) in [6, 6.07) is 11.3. The molecule has 34 heavy (non-hydrogen) atoms. The molecule has 176 valence electrons. The molecule has 4 aromatic rings. The standard InChI is InChI=1S/C25H24F3N5O/c1-15-24(16(2)33(31-15)23-10-9-19(27)13-21(23)28)25(34)32(3)11-5-8-20-14-22(30-29-20)17-6-4-7-18(26)12-17/h4,6-7,9-10,12-14H,5,8,11H2,1-3H3,(H,29,30). The molecule has 0 aliphatic heterocycles. The second-order valence-electron chi connectivity index (χ2n) is 8.17. The summed E-state index contributed by atoms with van der Waals surface area (Å²) in [4.78, 5) is 14.7. The third-order valence-corrected chi connectivity index (χ3v) is 5.68. The molecule has 4 rings (SSSR count). The van der Waals surface area contributed by atoms with Crippen molar-refractivity contribution >= 4 is 5.91 Å². The van der Waals surface area contributed by atoms with Crippen LogP contribution in [-0.2, 0) is 6.42 Å². The number of nitrogens with zero attached hydrogens (tertiary/aromatic N) is 4. The molecule has 0 bridgehead atoms. The van der Waals surface area contributed by atoms with E-state index in [1.54, 1.807) is 37.9 Å². The number of hydrogen-bond donors (Lipinski definition) is 1. The molecule has 0 saturated carbocycles. The molecule has 9 heteroatoms. The Bertz CT molecular complexity index is 1340. The zero-order valence-corrected chi connectivity index (χ0v) is 19.1. The van der Waals surface area contributed by atoms with Gasteiger partial charge in [-0.1, -0.05) is 12.1 Å². The number of nitrogens with one attached hydrogen (secondary N) is 1. The Morgan fingerprint density at radius 3 is 2.56 bits per heavy atom. The van der Waals surface area contributed by atoms with Crippen molar-refractivity contribution in [3.63, 3.8) is 0 Å². The van der Waals surface area contributed by atoms with Gasteiger partial charge in [0, 0.05) is 30.9 Å². The van der Waals surface area contributed by atoms with Gasteiger partial charge in [0.15, 0.2) is 5.82 Å². The van der Waals surface area contributed by atoms with Crippen molar-refractivity contribution in [3.8, 4) is 16.9 Å². The van der Waals surface area contributed by atoms with Gasteiger partial charge in [0.1, 0.15) is 17.3 Å². The first-order valence-electron chi connectivity index (χ1n) is 10.8. The van der Waals surface area contributed by atoms with Crippen LogP contribution in [0.1, 0.15) is 33.9 Å². The SMILES string of the molecule is Cc1nn(-c2ccc(F)cc2F)c(C)c1C(=O)N(C)CCCc1cc(-c2cccc(F)c2)n[nH]1. The van der Waals surface area contributed by atoms with Gasteiger partial charge in [-0.25, -0.2) is 17.9 Å². The van der Waals surface area contributed by atoms with Crippen LogP contribution in [0.25, 0.3) is 16.9 Å². The molecule has 0 radical (unpaired) electrons. The molecule has 0 fully saturated rings. The van der Waals surface area contributed by atoms with Crippen molar-refractivity contribution in [2.45, 2.75) is 26.7 Å². The van der Waals surface area contributed by atoms with Gasteiger partial charge in [-0.2, -0.15) is 10.2 Å². The van der Waals surface area contributed by atoms with Gasteiger partial charge in [-0.3, -0.25) is 9.89 Å². The summed E-state index contributed by atoms with van der Waals surface area (Å²) in [5.74, 6) is -1.98. The molecule has 0 aliphatic carbocycles. The van der Waals surface area contributed by atoms with Gasteiger partial charge in [0.05, 0.1) is 22.6 Å². The number of H-pyrrole nitrogens is 1. The number of carbonyl (C=O) groups excluding carboxylic acids is 1. The minimum Gasteiger partial charge on any atom is -0.342 e. The van der Waals surface area contributed by atoms with E-state index < -0.39 is 11.6 Å². The predicted molar refractivity (Wildman–Crippen MR) is 122 cm³/mol. The van der Waals surface area contributed by atoms with E-state index in [0.717, 1.165) is 17.8 Å². The van der Waals surface area contributed by atoms with Crippen LogP contribution in [-0.4, -0.2) is 44.4 Å². The van der Waals surface area contributed by atoms with Crippen LogP contribution in [0, 0.1) is 31.3 Å². The zero-order chi connectivity index (χ0) is 24.4. The second-order valence-corrected chi connectivity index (χ2v) is 8.17. The summed E-state index contributed by atoms with van der Waals surface area (Å²) in [5.41, 5.74) is 3.64. The summed E-state index contributed by atoms with van der Waals surface area (Å²) in [7, 11) is 1.70. The number of aryl methyl sites for hydroxylation is 2. The van der Waals surface area contributed by atoms with Gasteiger partial charge in [-0.15, -0.1) is 0 Å². The minimum atomic E-state index is -0.755. The van der Waals surface area contributed by atoms with E-state index in [1.807, 2.05) is 6.07 Å². The molecule has 2 aromatic carbocycles. The van der Waals surface area contributed by atoms with E-state index in [0.29, 0.717) is 47.6 Å². The Hall–Kier alpha value is -3.88. The Kier molecular flexibility index (Phi) is 6.54. The van der Waals surface area contributed by atoms with Crippen LogP contribution < -0.4 is 0 Å². The quantitative estimate of drug-likeness (QED) is 0.416. The van der Waals surface area contributed by atoms with Crippen LogP contribution in [0.3, 0.4) is 0 Å². The molecule has 6 nitrogen and oxygen atoms in total. The Balaban J connectivity index is 1.41. The van der Waals surface area contributed by atoms with Gasteiger partial charge in [0.25, 0.3) is 5.91 Å². The highest BCUT2D eigenvalue weighted by Crippen LogP contribution is 2.22. The molecule has 0 aliphatic rings. The highest BCUT2D eigenvalue weighted by atomic mass is 19.1. The molecular weight excluding hydrogens is 443 g/mol. The lowest BCUT2D eigenvalue weighted by atomic mass is 10.1. The molecule has 0 spiro atoms. The number of benzene rings is 2. The number of aromatic nitrogens is 4. The van der Waals surface area contributed by atoms with Crippen molar-refractivity contribution in [3.05, 3.63) is 88.6 Å². The van der Waals surface area contributed by atoms with E-state index in [1.165, 1.54) is 22.9 Å². The third kappa shape index (κ3) is 4.73. The summed E-state index contributed by atoms with van der Waals surface area (Å²) in [6.45, 7) is 3.84. The maximum absolute atomic E-state index is 14.3. The molecule has 2 aromatic heterocycles. The number of hydrogen-bond acceptors (Lipinski definition) is 3. The lowest BCUT2D eigenvalue weighted by molar-refractivity contribution is 0.0792. The number of amides is 1. The Labute approximate surface area is 195 Å². The molecule has 0 unspecified atom stereocenters. The number of halogens is 3. The summed E-state index contributed by atoms with van der Waals surface area (Å²) < 4.78 is 42.3. The van der Waals surface area contributed by atoms with Gasteiger partial charge < -0.3 is 4.90 Å². The third-order valence-electron chi connectivity index (χ3n) is 5.68. The second kappa shape index (κ2) is 9.54. The topological polar surface area (TPSA) is 66.8 Å². The molecular formula is C25H24F3N5O. The van der Waals surface area contributed by atoms with Gasteiger partial charge >= 0.3 is 0 Å².